The predicted molar refractivity (Wildman–Crippen MR) is 35.1 cm³/mol. The van der Waals surface area contributed by atoms with Crippen LogP contribution in [0.1, 0.15) is 0 Å². The quantitative estimate of drug-likeness (QED) is 0.387. The van der Waals surface area contributed by atoms with Crippen molar-refractivity contribution in [3.63, 3.8) is 0 Å². The van der Waals surface area contributed by atoms with Gasteiger partial charge in [-0.15, -0.1) is 10.6 Å². The van der Waals surface area contributed by atoms with Crippen LogP contribution in [0, 0.1) is 10.1 Å². The molecule has 64 valence electrons. The summed E-state index contributed by atoms with van der Waals surface area (Å²) in [5.74, 6) is 0. The molecule has 0 aliphatic carbocycles. The SMILES string of the molecule is O=[N+]([O-])N1CCN(NO)CC1. The lowest BCUT2D eigenvalue weighted by atomic mass is 10.4. The molecule has 11 heavy (non-hydrogen) atoms. The first-order chi connectivity index (χ1) is 5.24. The van der Waals surface area contributed by atoms with Gasteiger partial charge in [0.05, 0.1) is 13.1 Å². The van der Waals surface area contributed by atoms with Crippen LogP contribution < -0.4 is 5.59 Å². The summed E-state index contributed by atoms with van der Waals surface area (Å²) < 4.78 is 0. The van der Waals surface area contributed by atoms with Crippen LogP contribution in [0.2, 0.25) is 0 Å². The minimum atomic E-state index is -0.422. The highest BCUT2D eigenvalue weighted by Gasteiger charge is 2.21. The van der Waals surface area contributed by atoms with Gasteiger partial charge in [0.2, 0.25) is 0 Å². The lowest BCUT2D eigenvalue weighted by Gasteiger charge is -2.27. The monoisotopic (exact) mass is 162 g/mol. The van der Waals surface area contributed by atoms with Crippen LogP contribution >= 0.6 is 0 Å². The Bertz CT molecular complexity index is 144. The summed E-state index contributed by atoms with van der Waals surface area (Å²) in [5, 5.41) is 20.8. The normalized spacial score (nSPS) is 20.3. The van der Waals surface area contributed by atoms with Gasteiger partial charge in [-0.2, -0.15) is 0 Å². The standard InChI is InChI=1S/C4H10N4O3/c9-5-6-1-3-7(4-2-6)8(10)11/h5,9H,1-4H2. The smallest absolute Gasteiger partial charge is 0.160 e. The van der Waals surface area contributed by atoms with E-state index in [2.05, 4.69) is 0 Å². The van der Waals surface area contributed by atoms with Crippen molar-refractivity contribution in [2.24, 2.45) is 0 Å². The molecule has 7 nitrogen and oxygen atoms in total. The average molecular weight is 162 g/mol. The third-order valence-electron chi connectivity index (χ3n) is 1.63. The molecule has 1 aliphatic rings. The Labute approximate surface area is 63.2 Å². The molecule has 1 fully saturated rings. The second kappa shape index (κ2) is 3.46. The summed E-state index contributed by atoms with van der Waals surface area (Å²) in [6, 6.07) is 0. The van der Waals surface area contributed by atoms with Crippen LogP contribution in [0.15, 0.2) is 0 Å². The van der Waals surface area contributed by atoms with Crippen LogP contribution in [0.3, 0.4) is 0 Å². The molecule has 0 bridgehead atoms. The van der Waals surface area contributed by atoms with Crippen molar-refractivity contribution < 1.29 is 10.2 Å². The van der Waals surface area contributed by atoms with E-state index in [-0.39, 0.29) is 0 Å². The van der Waals surface area contributed by atoms with Crippen molar-refractivity contribution in [2.45, 2.75) is 0 Å². The first-order valence-corrected chi connectivity index (χ1v) is 3.28. The van der Waals surface area contributed by atoms with Crippen LogP contribution in [0.4, 0.5) is 0 Å². The van der Waals surface area contributed by atoms with Gasteiger partial charge in [-0.3, -0.25) is 0 Å². The highest BCUT2D eigenvalue weighted by Crippen LogP contribution is 1.97. The van der Waals surface area contributed by atoms with Gasteiger partial charge in [0.1, 0.15) is 0 Å². The summed E-state index contributed by atoms with van der Waals surface area (Å²) in [6.07, 6.45) is 0. The van der Waals surface area contributed by atoms with Crippen LogP contribution in [-0.2, 0) is 0 Å². The Balaban J connectivity index is 2.30. The molecule has 1 saturated heterocycles. The fraction of sp³-hybridized carbons (Fsp3) is 1.00. The Morgan fingerprint density at radius 2 is 1.91 bits per heavy atom. The molecule has 1 rings (SSSR count). The molecule has 1 aliphatic heterocycles. The number of piperazine rings is 1. The van der Waals surface area contributed by atoms with Crippen molar-refractivity contribution in [3.8, 4) is 0 Å². The van der Waals surface area contributed by atoms with Gasteiger partial charge < -0.3 is 5.21 Å². The van der Waals surface area contributed by atoms with Crippen molar-refractivity contribution in [3.05, 3.63) is 10.1 Å². The summed E-state index contributed by atoms with van der Waals surface area (Å²) >= 11 is 0. The van der Waals surface area contributed by atoms with Crippen molar-refractivity contribution in [2.75, 3.05) is 26.2 Å². The van der Waals surface area contributed by atoms with Crippen LogP contribution in [0.25, 0.3) is 0 Å². The van der Waals surface area contributed by atoms with Crippen molar-refractivity contribution >= 4 is 0 Å². The molecular weight excluding hydrogens is 152 g/mol. The van der Waals surface area contributed by atoms with E-state index in [0.29, 0.717) is 26.2 Å². The summed E-state index contributed by atoms with van der Waals surface area (Å²) in [4.78, 5) is 10.2. The number of nitrogens with zero attached hydrogens (tertiary/aromatic N) is 3. The molecule has 0 amide bonds. The molecule has 0 aromatic carbocycles. The van der Waals surface area contributed by atoms with Crippen LogP contribution in [0.5, 0.6) is 0 Å². The number of nitro groups is 1. The number of hydrogen-bond donors (Lipinski definition) is 2. The second-order valence-electron chi connectivity index (χ2n) is 2.28. The van der Waals surface area contributed by atoms with Gasteiger partial charge in [-0.05, 0) is 0 Å². The molecule has 0 radical (unpaired) electrons. The van der Waals surface area contributed by atoms with Gasteiger partial charge in [-0.25, -0.2) is 15.1 Å². The topological polar surface area (TPSA) is 81.9 Å². The number of rotatable bonds is 2. The van der Waals surface area contributed by atoms with E-state index in [0.717, 1.165) is 5.01 Å². The molecular formula is C4H10N4O3. The van der Waals surface area contributed by atoms with E-state index >= 15 is 0 Å². The summed E-state index contributed by atoms with van der Waals surface area (Å²) in [7, 11) is 0. The molecule has 1 heterocycles. The van der Waals surface area contributed by atoms with Gasteiger partial charge in [0.25, 0.3) is 0 Å². The van der Waals surface area contributed by atoms with E-state index < -0.39 is 5.03 Å². The number of nitrogens with one attached hydrogen (secondary N) is 1. The number of hydrogen-bond acceptors (Lipinski definition) is 5. The Morgan fingerprint density at radius 1 is 1.36 bits per heavy atom. The average Bonchev–Trinajstić information content (AvgIpc) is 2.05. The molecule has 0 spiro atoms. The van der Waals surface area contributed by atoms with Gasteiger partial charge in [-0.1, -0.05) is 0 Å². The predicted octanol–water partition coefficient (Wildman–Crippen LogP) is -1.31. The molecule has 0 unspecified atom stereocenters. The Kier molecular flexibility index (Phi) is 2.58. The molecule has 0 saturated carbocycles. The van der Waals surface area contributed by atoms with Gasteiger partial charge >= 0.3 is 0 Å². The fourth-order valence-corrected chi connectivity index (χ4v) is 0.959. The largest absolute Gasteiger partial charge is 0.302 e. The Hall–Kier alpha value is -0.920. The zero-order valence-corrected chi connectivity index (χ0v) is 5.93. The zero-order chi connectivity index (χ0) is 8.27. The minimum absolute atomic E-state index is 0.334. The minimum Gasteiger partial charge on any atom is -0.302 e. The molecule has 7 heteroatoms. The maximum absolute atomic E-state index is 10.2. The lowest BCUT2D eigenvalue weighted by molar-refractivity contribution is -0.658. The molecule has 0 aromatic heterocycles. The van der Waals surface area contributed by atoms with E-state index in [1.54, 1.807) is 0 Å². The Morgan fingerprint density at radius 3 is 2.27 bits per heavy atom. The number of hydrazine groups is 2. The molecule has 0 aromatic rings. The molecule has 0 atom stereocenters. The highest BCUT2D eigenvalue weighted by molar-refractivity contribution is 4.60. The van der Waals surface area contributed by atoms with Crippen molar-refractivity contribution in [1.29, 1.82) is 0 Å². The fourth-order valence-electron chi connectivity index (χ4n) is 0.959. The van der Waals surface area contributed by atoms with E-state index in [1.807, 2.05) is 5.59 Å². The lowest BCUT2D eigenvalue weighted by Crippen LogP contribution is -2.52. The molecule has 2 N–H and O–H groups in total. The summed E-state index contributed by atoms with van der Waals surface area (Å²) in [5.41, 5.74) is 1.95. The third-order valence-corrected chi connectivity index (χ3v) is 1.63. The summed E-state index contributed by atoms with van der Waals surface area (Å²) in [6.45, 7) is 1.58. The maximum Gasteiger partial charge on any atom is 0.160 e. The first kappa shape index (κ1) is 8.18. The van der Waals surface area contributed by atoms with Crippen molar-refractivity contribution in [1.82, 2.24) is 15.6 Å². The third kappa shape index (κ3) is 2.00. The second-order valence-corrected chi connectivity index (χ2v) is 2.28. The highest BCUT2D eigenvalue weighted by atomic mass is 16.7. The van der Waals surface area contributed by atoms with Gasteiger partial charge in [0, 0.05) is 13.1 Å². The first-order valence-electron chi connectivity index (χ1n) is 3.28. The van der Waals surface area contributed by atoms with E-state index in [9.17, 15) is 10.1 Å². The zero-order valence-electron chi connectivity index (χ0n) is 5.93. The van der Waals surface area contributed by atoms with E-state index in [4.69, 9.17) is 5.21 Å². The van der Waals surface area contributed by atoms with E-state index in [1.165, 1.54) is 5.01 Å². The van der Waals surface area contributed by atoms with Gasteiger partial charge in [0.15, 0.2) is 5.03 Å². The van der Waals surface area contributed by atoms with Crippen LogP contribution in [-0.4, -0.2) is 46.4 Å². The maximum atomic E-state index is 10.2.